The lowest BCUT2D eigenvalue weighted by Crippen LogP contribution is -2.37. The van der Waals surface area contributed by atoms with Gasteiger partial charge in [-0.1, -0.05) is 81.4 Å². The topological polar surface area (TPSA) is 35.5 Å². The van der Waals surface area contributed by atoms with Crippen LogP contribution in [0, 0.1) is 5.41 Å². The highest BCUT2D eigenvalue weighted by molar-refractivity contribution is 5.83. The lowest BCUT2D eigenvalue weighted by atomic mass is 9.87. The molecular formula is C20H22O3. The normalized spacial score (nSPS) is 24.5. The van der Waals surface area contributed by atoms with E-state index >= 15 is 0 Å². The first-order chi connectivity index (χ1) is 10.9. The molecule has 0 radical (unpaired) electrons. The molecule has 0 saturated carbocycles. The maximum absolute atomic E-state index is 12.8. The summed E-state index contributed by atoms with van der Waals surface area (Å²) in [6, 6.07) is 19.5. The van der Waals surface area contributed by atoms with Gasteiger partial charge in [0.15, 0.2) is 5.60 Å². The second-order valence-electron chi connectivity index (χ2n) is 7.08. The van der Waals surface area contributed by atoms with Crippen LogP contribution in [-0.2, 0) is 26.3 Å². The molecule has 3 rings (SSSR count). The molecule has 0 aromatic heterocycles. The molecule has 2 aromatic carbocycles. The van der Waals surface area contributed by atoms with Crippen molar-refractivity contribution in [2.75, 3.05) is 0 Å². The van der Waals surface area contributed by atoms with Crippen molar-refractivity contribution in [2.45, 2.75) is 39.1 Å². The fourth-order valence-corrected chi connectivity index (χ4v) is 2.79. The standard InChI is InChI=1S/C20H22O3/c1-19(2,3)18-22-17(21)20(23-18,16-12-8-5-9-13-16)14-15-10-6-4-7-11-15/h4-13,18H,14H2,1-3H3/t18-,20?/m0/s1. The molecule has 0 N–H and O–H groups in total. The molecule has 1 unspecified atom stereocenters. The number of ether oxygens (including phenoxy) is 2. The quantitative estimate of drug-likeness (QED) is 0.802. The number of benzene rings is 2. The number of carbonyl (C=O) groups excluding carboxylic acids is 1. The summed E-state index contributed by atoms with van der Waals surface area (Å²) >= 11 is 0. The molecule has 1 saturated heterocycles. The van der Waals surface area contributed by atoms with Crippen molar-refractivity contribution in [1.82, 2.24) is 0 Å². The van der Waals surface area contributed by atoms with Crippen LogP contribution in [0.2, 0.25) is 0 Å². The Balaban J connectivity index is 2.03. The van der Waals surface area contributed by atoms with E-state index in [4.69, 9.17) is 9.47 Å². The third-order valence-corrected chi connectivity index (χ3v) is 4.10. The van der Waals surface area contributed by atoms with Crippen molar-refractivity contribution in [3.8, 4) is 0 Å². The minimum atomic E-state index is -1.08. The van der Waals surface area contributed by atoms with Gasteiger partial charge in [-0.25, -0.2) is 4.79 Å². The number of hydrogen-bond acceptors (Lipinski definition) is 3. The third-order valence-electron chi connectivity index (χ3n) is 4.10. The first kappa shape index (κ1) is 15.8. The fraction of sp³-hybridized carbons (Fsp3) is 0.350. The third kappa shape index (κ3) is 3.02. The summed E-state index contributed by atoms with van der Waals surface area (Å²) in [5.41, 5.74) is 0.521. The molecule has 1 fully saturated rings. The lowest BCUT2D eigenvalue weighted by Gasteiger charge is -2.29. The first-order valence-electron chi connectivity index (χ1n) is 7.90. The highest BCUT2D eigenvalue weighted by Crippen LogP contribution is 2.42. The van der Waals surface area contributed by atoms with Crippen molar-refractivity contribution in [3.05, 3.63) is 71.8 Å². The monoisotopic (exact) mass is 310 g/mol. The van der Waals surface area contributed by atoms with Crippen molar-refractivity contribution < 1.29 is 14.3 Å². The smallest absolute Gasteiger partial charge is 0.345 e. The second kappa shape index (κ2) is 5.82. The Morgan fingerprint density at radius 3 is 2.04 bits per heavy atom. The zero-order chi connectivity index (χ0) is 16.5. The Labute approximate surface area is 137 Å². The van der Waals surface area contributed by atoms with Crippen LogP contribution in [0.3, 0.4) is 0 Å². The predicted octanol–water partition coefficient (Wildman–Crippen LogP) is 4.07. The van der Waals surface area contributed by atoms with Crippen LogP contribution in [0.4, 0.5) is 0 Å². The molecule has 2 atom stereocenters. The second-order valence-corrected chi connectivity index (χ2v) is 7.08. The summed E-state index contributed by atoms with van der Waals surface area (Å²) in [4.78, 5) is 12.8. The van der Waals surface area contributed by atoms with Crippen molar-refractivity contribution in [1.29, 1.82) is 0 Å². The SMILES string of the molecule is CC(C)(C)[C@H]1OC(=O)C(Cc2ccccc2)(c2ccccc2)O1. The van der Waals surface area contributed by atoms with Crippen molar-refractivity contribution in [3.63, 3.8) is 0 Å². The van der Waals surface area contributed by atoms with E-state index in [1.54, 1.807) is 0 Å². The molecule has 1 aliphatic rings. The minimum absolute atomic E-state index is 0.275. The summed E-state index contributed by atoms with van der Waals surface area (Å²) in [5, 5.41) is 0. The van der Waals surface area contributed by atoms with E-state index in [0.717, 1.165) is 11.1 Å². The average molecular weight is 310 g/mol. The summed E-state index contributed by atoms with van der Waals surface area (Å²) < 4.78 is 11.9. The minimum Gasteiger partial charge on any atom is -0.433 e. The van der Waals surface area contributed by atoms with Gasteiger partial charge in [-0.2, -0.15) is 0 Å². The number of hydrogen-bond donors (Lipinski definition) is 0. The van der Waals surface area contributed by atoms with Crippen molar-refractivity contribution >= 4 is 5.97 Å². The highest BCUT2D eigenvalue weighted by Gasteiger charge is 2.54. The molecular weight excluding hydrogens is 288 g/mol. The van der Waals surface area contributed by atoms with Gasteiger partial charge in [0.05, 0.1) is 0 Å². The molecule has 120 valence electrons. The van der Waals surface area contributed by atoms with E-state index in [9.17, 15) is 4.79 Å². The van der Waals surface area contributed by atoms with E-state index in [0.29, 0.717) is 6.42 Å². The van der Waals surface area contributed by atoms with E-state index in [1.165, 1.54) is 0 Å². The number of cyclic esters (lactones) is 1. The number of rotatable bonds is 3. The first-order valence-corrected chi connectivity index (χ1v) is 7.90. The number of esters is 1. The van der Waals surface area contributed by atoms with Crippen LogP contribution >= 0.6 is 0 Å². The Hall–Kier alpha value is -2.13. The largest absolute Gasteiger partial charge is 0.433 e. The molecule has 0 bridgehead atoms. The maximum Gasteiger partial charge on any atom is 0.345 e. The number of carbonyl (C=O) groups is 1. The molecule has 1 aliphatic heterocycles. The van der Waals surface area contributed by atoms with Crippen molar-refractivity contribution in [2.24, 2.45) is 5.41 Å². The van der Waals surface area contributed by atoms with E-state index in [-0.39, 0.29) is 11.4 Å². The highest BCUT2D eigenvalue weighted by atomic mass is 16.8. The molecule has 1 heterocycles. The van der Waals surface area contributed by atoms with E-state index in [1.807, 2.05) is 81.4 Å². The van der Waals surface area contributed by atoms with E-state index < -0.39 is 11.9 Å². The molecule has 23 heavy (non-hydrogen) atoms. The Morgan fingerprint density at radius 2 is 1.52 bits per heavy atom. The van der Waals surface area contributed by atoms with E-state index in [2.05, 4.69) is 0 Å². The summed E-state index contributed by atoms with van der Waals surface area (Å²) in [6.45, 7) is 6.03. The van der Waals surface area contributed by atoms with Crippen LogP contribution in [-0.4, -0.2) is 12.3 Å². The molecule has 0 amide bonds. The van der Waals surface area contributed by atoms with Crippen LogP contribution in [0.25, 0.3) is 0 Å². The molecule has 3 heteroatoms. The van der Waals surface area contributed by atoms with Gasteiger partial charge in [0.25, 0.3) is 0 Å². The van der Waals surface area contributed by atoms with Gasteiger partial charge in [0, 0.05) is 11.8 Å². The van der Waals surface area contributed by atoms with Gasteiger partial charge in [0.1, 0.15) is 0 Å². The maximum atomic E-state index is 12.8. The summed E-state index contributed by atoms with van der Waals surface area (Å²) in [7, 11) is 0. The molecule has 2 aromatic rings. The van der Waals surface area contributed by atoms with Gasteiger partial charge in [0.2, 0.25) is 6.29 Å². The average Bonchev–Trinajstić information content (AvgIpc) is 2.87. The van der Waals surface area contributed by atoms with Gasteiger partial charge in [-0.15, -0.1) is 0 Å². The van der Waals surface area contributed by atoms with Gasteiger partial charge in [-0.05, 0) is 11.1 Å². The van der Waals surface area contributed by atoms with Gasteiger partial charge >= 0.3 is 5.97 Å². The Kier molecular flexibility index (Phi) is 3.99. The Bertz CT molecular complexity index is 673. The molecule has 0 aliphatic carbocycles. The van der Waals surface area contributed by atoms with Crippen LogP contribution in [0.5, 0.6) is 0 Å². The Morgan fingerprint density at radius 1 is 0.957 bits per heavy atom. The molecule has 3 nitrogen and oxygen atoms in total. The summed E-state index contributed by atoms with van der Waals surface area (Å²) in [6.07, 6.45) is -0.0950. The van der Waals surface area contributed by atoms with Crippen LogP contribution < -0.4 is 0 Å². The van der Waals surface area contributed by atoms with Gasteiger partial charge in [-0.3, -0.25) is 0 Å². The predicted molar refractivity (Wildman–Crippen MR) is 88.7 cm³/mol. The molecule has 0 spiro atoms. The zero-order valence-corrected chi connectivity index (χ0v) is 13.8. The zero-order valence-electron chi connectivity index (χ0n) is 13.8. The lowest BCUT2D eigenvalue weighted by molar-refractivity contribution is -0.156. The van der Waals surface area contributed by atoms with Crippen LogP contribution in [0.1, 0.15) is 31.9 Å². The summed E-state index contributed by atoms with van der Waals surface area (Å²) in [5.74, 6) is -0.313. The fourth-order valence-electron chi connectivity index (χ4n) is 2.79. The van der Waals surface area contributed by atoms with Crippen LogP contribution in [0.15, 0.2) is 60.7 Å². The van der Waals surface area contributed by atoms with Gasteiger partial charge < -0.3 is 9.47 Å².